The van der Waals surface area contributed by atoms with Crippen LogP contribution in [0.15, 0.2) is 48.2 Å². The summed E-state index contributed by atoms with van der Waals surface area (Å²) in [6, 6.07) is 8.53. The second-order valence-corrected chi connectivity index (χ2v) is 4.95. The molecule has 1 N–H and O–H groups in total. The molecule has 1 atom stereocenters. The first-order chi connectivity index (χ1) is 8.90. The molecular formula is C14H13N3S. The maximum Gasteiger partial charge on any atom is 0.0801 e. The van der Waals surface area contributed by atoms with Gasteiger partial charge in [0.1, 0.15) is 0 Å². The van der Waals surface area contributed by atoms with Crippen molar-refractivity contribution in [1.29, 1.82) is 0 Å². The highest BCUT2D eigenvalue weighted by molar-refractivity contribution is 7.17. The summed E-state index contributed by atoms with van der Waals surface area (Å²) in [5, 5.41) is 6.80. The first kappa shape index (κ1) is 11.3. The lowest BCUT2D eigenvalue weighted by Gasteiger charge is -2.14. The van der Waals surface area contributed by atoms with E-state index < -0.39 is 0 Å². The van der Waals surface area contributed by atoms with Gasteiger partial charge in [0.05, 0.1) is 17.9 Å². The van der Waals surface area contributed by atoms with Crippen LogP contribution in [-0.2, 0) is 0 Å². The molecule has 0 aliphatic rings. The fraction of sp³-hybridized carbons (Fsp3) is 0.143. The topological polar surface area (TPSA) is 37.8 Å². The van der Waals surface area contributed by atoms with E-state index in [4.69, 9.17) is 0 Å². The van der Waals surface area contributed by atoms with Gasteiger partial charge in [0, 0.05) is 17.1 Å². The third-order valence-corrected chi connectivity index (χ3v) is 3.97. The Hall–Kier alpha value is -1.78. The van der Waals surface area contributed by atoms with Crippen molar-refractivity contribution >= 4 is 21.4 Å². The molecule has 0 saturated carbocycles. The van der Waals surface area contributed by atoms with Crippen LogP contribution >= 0.6 is 11.3 Å². The van der Waals surface area contributed by atoms with E-state index >= 15 is 0 Å². The summed E-state index contributed by atoms with van der Waals surface area (Å²) < 4.78 is 1.30. The standard InChI is InChI=1S/C14H13N3S/c1-15-14(12-8-16-6-7-17-12)11-9-18-13-5-3-2-4-10(11)13/h2-9,14-15H,1H3. The molecule has 3 rings (SSSR count). The van der Waals surface area contributed by atoms with Crippen molar-refractivity contribution < 1.29 is 0 Å². The van der Waals surface area contributed by atoms with E-state index in [1.54, 1.807) is 23.7 Å². The Balaban J connectivity index is 2.12. The monoisotopic (exact) mass is 255 g/mol. The van der Waals surface area contributed by atoms with E-state index in [9.17, 15) is 0 Å². The van der Waals surface area contributed by atoms with Gasteiger partial charge in [0.2, 0.25) is 0 Å². The number of aromatic nitrogens is 2. The number of thiophene rings is 1. The molecule has 1 unspecified atom stereocenters. The normalized spacial score (nSPS) is 12.7. The van der Waals surface area contributed by atoms with Crippen LogP contribution in [-0.4, -0.2) is 17.0 Å². The predicted molar refractivity (Wildman–Crippen MR) is 74.8 cm³/mol. The number of fused-ring (bicyclic) bond motifs is 1. The van der Waals surface area contributed by atoms with Crippen molar-refractivity contribution in [3.8, 4) is 0 Å². The van der Waals surface area contributed by atoms with Gasteiger partial charge in [-0.2, -0.15) is 0 Å². The molecule has 0 amide bonds. The number of rotatable bonds is 3. The number of hydrogen-bond donors (Lipinski definition) is 1. The minimum atomic E-state index is 0.0925. The van der Waals surface area contributed by atoms with Crippen molar-refractivity contribution in [2.75, 3.05) is 7.05 Å². The van der Waals surface area contributed by atoms with Crippen molar-refractivity contribution in [1.82, 2.24) is 15.3 Å². The predicted octanol–water partition coefficient (Wildman–Crippen LogP) is 3.00. The molecular weight excluding hydrogens is 242 g/mol. The molecule has 0 radical (unpaired) electrons. The van der Waals surface area contributed by atoms with Gasteiger partial charge in [0.15, 0.2) is 0 Å². The van der Waals surface area contributed by atoms with E-state index in [0.29, 0.717) is 0 Å². The number of benzene rings is 1. The maximum absolute atomic E-state index is 4.39. The van der Waals surface area contributed by atoms with Gasteiger partial charge in [-0.15, -0.1) is 11.3 Å². The van der Waals surface area contributed by atoms with Crippen molar-refractivity contribution in [3.63, 3.8) is 0 Å². The smallest absolute Gasteiger partial charge is 0.0801 e. The van der Waals surface area contributed by atoms with Crippen LogP contribution in [0.25, 0.3) is 10.1 Å². The summed E-state index contributed by atoms with van der Waals surface area (Å²) in [7, 11) is 1.95. The first-order valence-electron chi connectivity index (χ1n) is 5.79. The molecule has 1 aromatic carbocycles. The highest BCUT2D eigenvalue weighted by Gasteiger charge is 2.17. The van der Waals surface area contributed by atoms with Crippen LogP contribution in [0.5, 0.6) is 0 Å². The van der Waals surface area contributed by atoms with E-state index in [1.807, 2.05) is 13.2 Å². The molecule has 90 valence electrons. The zero-order valence-electron chi connectivity index (χ0n) is 10.00. The molecule has 0 bridgehead atoms. The van der Waals surface area contributed by atoms with Crippen molar-refractivity contribution in [3.05, 3.63) is 59.5 Å². The van der Waals surface area contributed by atoms with Gasteiger partial charge >= 0.3 is 0 Å². The minimum Gasteiger partial charge on any atom is -0.308 e. The van der Waals surface area contributed by atoms with Crippen LogP contribution in [0.3, 0.4) is 0 Å². The van der Waals surface area contributed by atoms with Crippen LogP contribution in [0.1, 0.15) is 17.3 Å². The fourth-order valence-corrected chi connectivity index (χ4v) is 3.13. The summed E-state index contributed by atoms with van der Waals surface area (Å²) in [5.74, 6) is 0. The quantitative estimate of drug-likeness (QED) is 0.781. The van der Waals surface area contributed by atoms with Crippen molar-refractivity contribution in [2.24, 2.45) is 0 Å². The molecule has 4 heteroatoms. The molecule has 0 aliphatic heterocycles. The summed E-state index contributed by atoms with van der Waals surface area (Å²) in [5.41, 5.74) is 2.21. The van der Waals surface area contributed by atoms with E-state index in [1.165, 1.54) is 15.6 Å². The largest absolute Gasteiger partial charge is 0.308 e. The summed E-state index contributed by atoms with van der Waals surface area (Å²) in [6.07, 6.45) is 5.24. The van der Waals surface area contributed by atoms with Gasteiger partial charge in [-0.25, -0.2) is 0 Å². The van der Waals surface area contributed by atoms with Gasteiger partial charge in [-0.05, 0) is 29.4 Å². The lowest BCUT2D eigenvalue weighted by molar-refractivity contribution is 0.673. The highest BCUT2D eigenvalue weighted by atomic mass is 32.1. The molecule has 0 saturated heterocycles. The van der Waals surface area contributed by atoms with E-state index in [-0.39, 0.29) is 6.04 Å². The summed E-state index contributed by atoms with van der Waals surface area (Å²) in [6.45, 7) is 0. The summed E-state index contributed by atoms with van der Waals surface area (Å²) in [4.78, 5) is 8.54. The van der Waals surface area contributed by atoms with Gasteiger partial charge in [-0.1, -0.05) is 18.2 Å². The number of nitrogens with zero attached hydrogens (tertiary/aromatic N) is 2. The molecule has 0 aliphatic carbocycles. The molecule has 2 heterocycles. The van der Waals surface area contributed by atoms with Crippen LogP contribution in [0, 0.1) is 0 Å². The highest BCUT2D eigenvalue weighted by Crippen LogP contribution is 2.32. The molecule has 0 spiro atoms. The van der Waals surface area contributed by atoms with Crippen LogP contribution < -0.4 is 5.32 Å². The Labute approximate surface area is 110 Å². The van der Waals surface area contributed by atoms with Crippen LogP contribution in [0.2, 0.25) is 0 Å². The zero-order chi connectivity index (χ0) is 12.4. The first-order valence-corrected chi connectivity index (χ1v) is 6.67. The number of hydrogen-bond acceptors (Lipinski definition) is 4. The molecule has 18 heavy (non-hydrogen) atoms. The number of nitrogens with one attached hydrogen (secondary N) is 1. The molecule has 2 aromatic heterocycles. The Morgan fingerprint density at radius 2 is 2.11 bits per heavy atom. The Morgan fingerprint density at radius 1 is 1.22 bits per heavy atom. The maximum atomic E-state index is 4.39. The Bertz CT molecular complexity index is 648. The minimum absolute atomic E-state index is 0.0925. The second kappa shape index (κ2) is 4.84. The van der Waals surface area contributed by atoms with Crippen LogP contribution in [0.4, 0.5) is 0 Å². The van der Waals surface area contributed by atoms with E-state index in [0.717, 1.165) is 5.69 Å². The zero-order valence-corrected chi connectivity index (χ0v) is 10.8. The molecule has 3 nitrogen and oxygen atoms in total. The third kappa shape index (κ3) is 1.89. The van der Waals surface area contributed by atoms with E-state index in [2.05, 4.69) is 44.9 Å². The average Bonchev–Trinajstić information content (AvgIpc) is 2.85. The second-order valence-electron chi connectivity index (χ2n) is 4.04. The lowest BCUT2D eigenvalue weighted by atomic mass is 10.0. The summed E-state index contributed by atoms with van der Waals surface area (Å²) >= 11 is 1.76. The molecule has 3 aromatic rings. The SMILES string of the molecule is CNC(c1cnccn1)c1csc2ccccc12. The van der Waals surface area contributed by atoms with Gasteiger partial charge in [-0.3, -0.25) is 9.97 Å². The average molecular weight is 255 g/mol. The van der Waals surface area contributed by atoms with Gasteiger partial charge < -0.3 is 5.32 Å². The Morgan fingerprint density at radius 3 is 2.89 bits per heavy atom. The fourth-order valence-electron chi connectivity index (χ4n) is 2.14. The Kier molecular flexibility index (Phi) is 3.04. The lowest BCUT2D eigenvalue weighted by Crippen LogP contribution is -2.18. The van der Waals surface area contributed by atoms with Gasteiger partial charge in [0.25, 0.3) is 0 Å². The van der Waals surface area contributed by atoms with Crippen molar-refractivity contribution in [2.45, 2.75) is 6.04 Å². The third-order valence-electron chi connectivity index (χ3n) is 2.99. The molecule has 0 fully saturated rings.